The molecule has 1 aromatic carbocycles. The lowest BCUT2D eigenvalue weighted by atomic mass is 10.1. The highest BCUT2D eigenvalue weighted by atomic mass is 79.9. The fourth-order valence-electron chi connectivity index (χ4n) is 1.03. The van der Waals surface area contributed by atoms with Gasteiger partial charge in [-0.25, -0.2) is 0 Å². The highest BCUT2D eigenvalue weighted by Crippen LogP contribution is 2.23. The molecule has 3 N–H and O–H groups in total. The second kappa shape index (κ2) is 3.89. The quantitative estimate of drug-likeness (QED) is 0.834. The van der Waals surface area contributed by atoms with Gasteiger partial charge in [0.25, 0.3) is 0 Å². The predicted octanol–water partition coefficient (Wildman–Crippen LogP) is 1.84. The molecule has 1 rings (SSSR count). The van der Waals surface area contributed by atoms with Crippen molar-refractivity contribution in [3.8, 4) is 0 Å². The summed E-state index contributed by atoms with van der Waals surface area (Å²) in [5, 5.41) is 8.70. The Bertz CT molecular complexity index is 338. The molecule has 0 radical (unpaired) electrons. The van der Waals surface area contributed by atoms with Crippen LogP contribution in [0.3, 0.4) is 0 Å². The fraction of sp³-hybridized carbons (Fsp3) is 0.222. The zero-order valence-electron chi connectivity index (χ0n) is 7.12. The van der Waals surface area contributed by atoms with E-state index in [1.54, 1.807) is 12.1 Å². The van der Waals surface area contributed by atoms with Gasteiger partial charge in [0, 0.05) is 4.47 Å². The lowest BCUT2D eigenvalue weighted by molar-refractivity contribution is -0.138. The van der Waals surface area contributed by atoms with Gasteiger partial charge in [-0.15, -0.1) is 0 Å². The highest BCUT2D eigenvalue weighted by molar-refractivity contribution is 9.10. The third-order valence-corrected chi connectivity index (χ3v) is 2.47. The number of hydrogen-bond acceptors (Lipinski definition) is 2. The summed E-state index contributed by atoms with van der Waals surface area (Å²) in [6.45, 7) is 1.89. The summed E-state index contributed by atoms with van der Waals surface area (Å²) >= 11 is 3.26. The predicted molar refractivity (Wildman–Crippen MR) is 53.4 cm³/mol. The van der Waals surface area contributed by atoms with Gasteiger partial charge >= 0.3 is 5.97 Å². The molecule has 0 spiro atoms. The lowest BCUT2D eigenvalue weighted by Crippen LogP contribution is -2.21. The molecule has 1 aromatic rings. The van der Waals surface area contributed by atoms with Crippen molar-refractivity contribution in [3.05, 3.63) is 33.8 Å². The van der Waals surface area contributed by atoms with Crippen LogP contribution in [0.1, 0.15) is 17.2 Å². The van der Waals surface area contributed by atoms with E-state index in [4.69, 9.17) is 10.8 Å². The van der Waals surface area contributed by atoms with E-state index >= 15 is 0 Å². The monoisotopic (exact) mass is 243 g/mol. The van der Waals surface area contributed by atoms with E-state index in [-0.39, 0.29) is 0 Å². The van der Waals surface area contributed by atoms with E-state index in [0.717, 1.165) is 10.0 Å². The lowest BCUT2D eigenvalue weighted by Gasteiger charge is -2.09. The number of benzene rings is 1. The van der Waals surface area contributed by atoms with Gasteiger partial charge in [0.15, 0.2) is 0 Å². The molecule has 4 heteroatoms. The Kier molecular flexibility index (Phi) is 3.06. The first kappa shape index (κ1) is 10.2. The Labute approximate surface area is 84.7 Å². The van der Waals surface area contributed by atoms with E-state index < -0.39 is 12.0 Å². The first-order valence-corrected chi connectivity index (χ1v) is 4.56. The van der Waals surface area contributed by atoms with Crippen LogP contribution in [0.4, 0.5) is 0 Å². The maximum Gasteiger partial charge on any atom is 0.325 e. The Hall–Kier alpha value is -0.870. The minimum Gasteiger partial charge on any atom is -0.480 e. The van der Waals surface area contributed by atoms with Crippen molar-refractivity contribution in [2.75, 3.05) is 0 Å². The molecule has 0 aliphatic rings. The van der Waals surface area contributed by atoms with Crippen LogP contribution in [0.2, 0.25) is 0 Å². The van der Waals surface area contributed by atoms with Gasteiger partial charge in [-0.2, -0.15) is 0 Å². The summed E-state index contributed by atoms with van der Waals surface area (Å²) in [7, 11) is 0. The number of aliphatic carboxylic acids is 1. The number of rotatable bonds is 2. The molecule has 1 atom stereocenters. The average Bonchev–Trinajstić information content (AvgIpc) is 2.08. The van der Waals surface area contributed by atoms with Crippen LogP contribution in [-0.4, -0.2) is 11.1 Å². The Morgan fingerprint density at radius 2 is 2.23 bits per heavy atom. The minimum absolute atomic E-state index is 0.604. The standard InChI is InChI=1S/C9H10BrNO2/c1-5-2-3-7(10)6(4-5)8(11)9(12)13/h2-4,8H,11H2,1H3,(H,12,13)/t8-/m0/s1. The third kappa shape index (κ3) is 2.29. The van der Waals surface area contributed by atoms with Gasteiger partial charge in [0.1, 0.15) is 6.04 Å². The zero-order chi connectivity index (χ0) is 10.0. The number of nitrogens with two attached hydrogens (primary N) is 1. The molecule has 0 aliphatic heterocycles. The number of carboxylic acid groups (broad SMARTS) is 1. The Morgan fingerprint density at radius 1 is 1.62 bits per heavy atom. The fourth-order valence-corrected chi connectivity index (χ4v) is 1.53. The molecule has 0 aliphatic carbocycles. The number of aryl methyl sites for hydroxylation is 1. The summed E-state index contributed by atoms with van der Waals surface area (Å²) in [5.74, 6) is -1.02. The maximum absolute atomic E-state index is 10.6. The Morgan fingerprint density at radius 3 is 2.77 bits per heavy atom. The first-order chi connectivity index (χ1) is 6.02. The van der Waals surface area contributed by atoms with Crippen molar-refractivity contribution in [3.63, 3.8) is 0 Å². The number of halogens is 1. The minimum atomic E-state index is -1.02. The van der Waals surface area contributed by atoms with E-state index in [9.17, 15) is 4.79 Å². The molecular weight excluding hydrogens is 234 g/mol. The summed E-state index contributed by atoms with van der Waals surface area (Å²) in [6, 6.07) is 4.49. The summed E-state index contributed by atoms with van der Waals surface area (Å²) in [6.07, 6.45) is 0. The maximum atomic E-state index is 10.6. The van der Waals surface area contributed by atoms with Crippen LogP contribution < -0.4 is 5.73 Å². The van der Waals surface area contributed by atoms with E-state index in [0.29, 0.717) is 5.56 Å². The number of carboxylic acids is 1. The SMILES string of the molecule is Cc1ccc(Br)c([C@H](N)C(=O)O)c1. The number of carbonyl (C=O) groups is 1. The highest BCUT2D eigenvalue weighted by Gasteiger charge is 2.16. The van der Waals surface area contributed by atoms with Gasteiger partial charge in [0.2, 0.25) is 0 Å². The third-order valence-electron chi connectivity index (χ3n) is 1.75. The normalized spacial score (nSPS) is 12.5. The molecule has 0 amide bonds. The number of hydrogen-bond donors (Lipinski definition) is 2. The average molecular weight is 244 g/mol. The van der Waals surface area contributed by atoms with Gasteiger partial charge < -0.3 is 10.8 Å². The molecule has 0 aromatic heterocycles. The largest absolute Gasteiger partial charge is 0.480 e. The van der Waals surface area contributed by atoms with Crippen LogP contribution in [0, 0.1) is 6.92 Å². The summed E-state index contributed by atoms with van der Waals surface area (Å²) < 4.78 is 0.730. The molecule has 3 nitrogen and oxygen atoms in total. The van der Waals surface area contributed by atoms with Gasteiger partial charge in [-0.1, -0.05) is 33.6 Å². The van der Waals surface area contributed by atoms with E-state index in [1.165, 1.54) is 0 Å². The van der Waals surface area contributed by atoms with Crippen molar-refractivity contribution in [1.29, 1.82) is 0 Å². The summed E-state index contributed by atoms with van der Waals surface area (Å²) in [4.78, 5) is 10.6. The van der Waals surface area contributed by atoms with Crippen LogP contribution in [0.15, 0.2) is 22.7 Å². The van der Waals surface area contributed by atoms with Crippen molar-refractivity contribution in [2.45, 2.75) is 13.0 Å². The molecule has 70 valence electrons. The molecule has 0 saturated carbocycles. The molecule has 0 bridgehead atoms. The van der Waals surface area contributed by atoms with Crippen molar-refractivity contribution in [2.24, 2.45) is 5.73 Å². The van der Waals surface area contributed by atoms with Gasteiger partial charge in [-0.05, 0) is 18.6 Å². The smallest absolute Gasteiger partial charge is 0.325 e. The zero-order valence-corrected chi connectivity index (χ0v) is 8.71. The molecule has 0 fully saturated rings. The van der Waals surface area contributed by atoms with E-state index in [1.807, 2.05) is 13.0 Å². The molecule has 0 heterocycles. The second-order valence-electron chi connectivity index (χ2n) is 2.84. The second-order valence-corrected chi connectivity index (χ2v) is 3.70. The van der Waals surface area contributed by atoms with Crippen LogP contribution in [-0.2, 0) is 4.79 Å². The molecule has 0 unspecified atom stereocenters. The van der Waals surface area contributed by atoms with Gasteiger partial charge in [-0.3, -0.25) is 4.79 Å². The van der Waals surface area contributed by atoms with Crippen molar-refractivity contribution in [1.82, 2.24) is 0 Å². The summed E-state index contributed by atoms with van der Waals surface area (Å²) in [5.41, 5.74) is 7.08. The molecular formula is C9H10BrNO2. The van der Waals surface area contributed by atoms with E-state index in [2.05, 4.69) is 15.9 Å². The van der Waals surface area contributed by atoms with Crippen LogP contribution in [0.25, 0.3) is 0 Å². The van der Waals surface area contributed by atoms with Crippen molar-refractivity contribution >= 4 is 21.9 Å². The van der Waals surface area contributed by atoms with Crippen LogP contribution in [0.5, 0.6) is 0 Å². The van der Waals surface area contributed by atoms with Gasteiger partial charge in [0.05, 0.1) is 0 Å². The topological polar surface area (TPSA) is 63.3 Å². The molecule has 0 saturated heterocycles. The Balaban J connectivity index is 3.12. The molecule has 13 heavy (non-hydrogen) atoms. The van der Waals surface area contributed by atoms with Crippen LogP contribution >= 0.6 is 15.9 Å². The first-order valence-electron chi connectivity index (χ1n) is 3.77. The van der Waals surface area contributed by atoms with Crippen molar-refractivity contribution < 1.29 is 9.90 Å².